The maximum Gasteiger partial charge on any atom is 0.106 e. The zero-order valence-corrected chi connectivity index (χ0v) is 10.9. The molecule has 0 saturated heterocycles. The molecule has 0 spiro atoms. The normalized spacial score (nSPS) is 12.1. The van der Waals surface area contributed by atoms with Crippen LogP contribution in [-0.4, -0.2) is 27.8 Å². The molecule has 1 aromatic carbocycles. The van der Waals surface area contributed by atoms with Gasteiger partial charge in [-0.25, -0.2) is 0 Å². The van der Waals surface area contributed by atoms with E-state index in [1.54, 1.807) is 6.26 Å². The van der Waals surface area contributed by atoms with Crippen molar-refractivity contribution in [3.8, 4) is 0 Å². The van der Waals surface area contributed by atoms with Crippen LogP contribution in [-0.2, 0) is 10.8 Å². The van der Waals surface area contributed by atoms with E-state index in [1.807, 2.05) is 24.3 Å². The Labute approximate surface area is 104 Å². The minimum atomic E-state index is -0.728. The lowest BCUT2D eigenvalue weighted by Gasteiger charge is -2.10. The topological polar surface area (TPSA) is 55.1 Å². The molecule has 5 heteroatoms. The van der Waals surface area contributed by atoms with Gasteiger partial charge in [-0.1, -0.05) is 24.4 Å². The van der Waals surface area contributed by atoms with Gasteiger partial charge in [0.1, 0.15) is 4.99 Å². The number of benzene rings is 1. The fraction of sp³-hybridized carbons (Fsp3) is 0.364. The first-order chi connectivity index (χ1) is 7.61. The van der Waals surface area contributed by atoms with Crippen LogP contribution in [0.5, 0.6) is 0 Å². The molecule has 0 aromatic heterocycles. The van der Waals surface area contributed by atoms with Crippen LogP contribution in [0.4, 0.5) is 5.69 Å². The van der Waals surface area contributed by atoms with Crippen molar-refractivity contribution >= 4 is 33.7 Å². The van der Waals surface area contributed by atoms with Crippen molar-refractivity contribution in [1.29, 1.82) is 0 Å². The van der Waals surface area contributed by atoms with Crippen molar-refractivity contribution in [1.82, 2.24) is 0 Å². The second-order valence-electron chi connectivity index (χ2n) is 3.47. The maximum absolute atomic E-state index is 10.9. The monoisotopic (exact) mass is 256 g/mol. The summed E-state index contributed by atoms with van der Waals surface area (Å²) in [4.78, 5) is 0.391. The van der Waals surface area contributed by atoms with E-state index in [9.17, 15) is 4.21 Å². The highest BCUT2D eigenvalue weighted by Gasteiger charge is 2.02. The number of anilines is 1. The first-order valence-corrected chi connectivity index (χ1v) is 7.17. The van der Waals surface area contributed by atoms with Gasteiger partial charge in [0.15, 0.2) is 0 Å². The Kier molecular flexibility index (Phi) is 5.42. The molecule has 0 aliphatic rings. The third-order valence-electron chi connectivity index (χ3n) is 2.12. The summed E-state index contributed by atoms with van der Waals surface area (Å²) in [5.41, 5.74) is 7.41. The maximum atomic E-state index is 10.9. The molecule has 0 heterocycles. The Hall–Kier alpha value is -0.940. The molecule has 0 bridgehead atoms. The van der Waals surface area contributed by atoms with Gasteiger partial charge in [0.2, 0.25) is 0 Å². The SMILES string of the molecule is CS(=O)CCCNc1ccccc1C(N)=S. The van der Waals surface area contributed by atoms with Crippen molar-refractivity contribution in [2.75, 3.05) is 23.9 Å². The standard InChI is InChI=1S/C11H16N2OS2/c1-16(14)8-4-7-13-10-6-3-2-5-9(10)11(12)15/h2-3,5-6,13H,4,7-8H2,1H3,(H2,12,15). The van der Waals surface area contributed by atoms with E-state index in [4.69, 9.17) is 18.0 Å². The van der Waals surface area contributed by atoms with Gasteiger partial charge in [0.05, 0.1) is 0 Å². The molecule has 3 N–H and O–H groups in total. The van der Waals surface area contributed by atoms with E-state index >= 15 is 0 Å². The third-order valence-corrected chi connectivity index (χ3v) is 3.20. The van der Waals surface area contributed by atoms with Gasteiger partial charge in [0, 0.05) is 40.6 Å². The van der Waals surface area contributed by atoms with Crippen molar-refractivity contribution in [3.63, 3.8) is 0 Å². The summed E-state index contributed by atoms with van der Waals surface area (Å²) in [5, 5.41) is 3.25. The molecule has 1 rings (SSSR count). The lowest BCUT2D eigenvalue weighted by Crippen LogP contribution is -2.14. The molecule has 0 saturated carbocycles. The summed E-state index contributed by atoms with van der Waals surface area (Å²) in [6.07, 6.45) is 2.58. The van der Waals surface area contributed by atoms with Gasteiger partial charge in [0.25, 0.3) is 0 Å². The number of rotatable bonds is 6. The number of thiocarbonyl (C=S) groups is 1. The lowest BCUT2D eigenvalue weighted by atomic mass is 10.2. The van der Waals surface area contributed by atoms with Crippen LogP contribution < -0.4 is 11.1 Å². The van der Waals surface area contributed by atoms with Crippen LogP contribution in [0.15, 0.2) is 24.3 Å². The molecule has 3 nitrogen and oxygen atoms in total. The number of hydrogen-bond donors (Lipinski definition) is 2. The Morgan fingerprint density at radius 2 is 2.19 bits per heavy atom. The Bertz CT molecular complexity index is 393. The number of para-hydroxylation sites is 1. The van der Waals surface area contributed by atoms with Gasteiger partial charge in [-0.05, 0) is 18.6 Å². The fourth-order valence-electron chi connectivity index (χ4n) is 1.35. The van der Waals surface area contributed by atoms with E-state index in [0.717, 1.165) is 24.2 Å². The minimum Gasteiger partial charge on any atom is -0.389 e. The first-order valence-electron chi connectivity index (χ1n) is 5.04. The predicted octanol–water partition coefficient (Wildman–Crippen LogP) is 1.50. The summed E-state index contributed by atoms with van der Waals surface area (Å²) in [5.74, 6) is 0.711. The Morgan fingerprint density at radius 1 is 1.50 bits per heavy atom. The van der Waals surface area contributed by atoms with Crippen LogP contribution in [0.25, 0.3) is 0 Å². The molecule has 16 heavy (non-hydrogen) atoms. The average molecular weight is 256 g/mol. The van der Waals surface area contributed by atoms with Crippen LogP contribution in [0.1, 0.15) is 12.0 Å². The van der Waals surface area contributed by atoms with Crippen LogP contribution >= 0.6 is 12.2 Å². The zero-order chi connectivity index (χ0) is 12.0. The summed E-state index contributed by atoms with van der Waals surface area (Å²) < 4.78 is 10.9. The second-order valence-corrected chi connectivity index (χ2v) is 5.46. The molecule has 0 fully saturated rings. The van der Waals surface area contributed by atoms with Crippen molar-refractivity contribution in [3.05, 3.63) is 29.8 Å². The van der Waals surface area contributed by atoms with E-state index in [1.165, 1.54) is 0 Å². The first kappa shape index (κ1) is 13.1. The van der Waals surface area contributed by atoms with Crippen LogP contribution in [0, 0.1) is 0 Å². The summed E-state index contributed by atoms with van der Waals surface area (Å²) >= 11 is 4.96. The zero-order valence-electron chi connectivity index (χ0n) is 9.23. The smallest absolute Gasteiger partial charge is 0.106 e. The van der Waals surface area contributed by atoms with E-state index in [-0.39, 0.29) is 0 Å². The molecule has 0 amide bonds. The fourth-order valence-corrected chi connectivity index (χ4v) is 2.08. The molecule has 1 atom stereocenters. The lowest BCUT2D eigenvalue weighted by molar-refractivity contribution is 0.685. The summed E-state index contributed by atoms with van der Waals surface area (Å²) in [6, 6.07) is 7.67. The summed E-state index contributed by atoms with van der Waals surface area (Å²) in [6.45, 7) is 0.777. The Morgan fingerprint density at radius 3 is 2.81 bits per heavy atom. The van der Waals surface area contributed by atoms with Gasteiger partial charge >= 0.3 is 0 Å². The number of hydrogen-bond acceptors (Lipinski definition) is 3. The third kappa shape index (κ3) is 4.28. The van der Waals surface area contributed by atoms with E-state index in [2.05, 4.69) is 5.32 Å². The second kappa shape index (κ2) is 6.60. The van der Waals surface area contributed by atoms with E-state index < -0.39 is 10.8 Å². The highest BCUT2D eigenvalue weighted by atomic mass is 32.2. The van der Waals surface area contributed by atoms with Crippen molar-refractivity contribution in [2.45, 2.75) is 6.42 Å². The molecule has 0 aliphatic heterocycles. The number of nitrogens with one attached hydrogen (secondary N) is 1. The highest BCUT2D eigenvalue weighted by molar-refractivity contribution is 7.84. The van der Waals surface area contributed by atoms with Crippen molar-refractivity contribution in [2.24, 2.45) is 5.73 Å². The van der Waals surface area contributed by atoms with Crippen LogP contribution in [0.3, 0.4) is 0 Å². The quantitative estimate of drug-likeness (QED) is 0.598. The van der Waals surface area contributed by atoms with Gasteiger partial charge < -0.3 is 11.1 Å². The van der Waals surface area contributed by atoms with Gasteiger partial charge in [-0.15, -0.1) is 0 Å². The minimum absolute atomic E-state index is 0.391. The molecule has 1 aromatic rings. The largest absolute Gasteiger partial charge is 0.389 e. The van der Waals surface area contributed by atoms with Crippen LogP contribution in [0.2, 0.25) is 0 Å². The average Bonchev–Trinajstić information content (AvgIpc) is 2.24. The molecule has 0 radical (unpaired) electrons. The molecule has 1 unspecified atom stereocenters. The molecule has 0 aliphatic carbocycles. The highest BCUT2D eigenvalue weighted by Crippen LogP contribution is 2.14. The van der Waals surface area contributed by atoms with Gasteiger partial charge in [-0.2, -0.15) is 0 Å². The molecular formula is C11H16N2OS2. The molecular weight excluding hydrogens is 240 g/mol. The summed E-state index contributed by atoms with van der Waals surface area (Å²) in [7, 11) is -0.728. The van der Waals surface area contributed by atoms with Crippen molar-refractivity contribution < 1.29 is 4.21 Å². The molecule has 88 valence electrons. The van der Waals surface area contributed by atoms with E-state index in [0.29, 0.717) is 10.7 Å². The van der Waals surface area contributed by atoms with Gasteiger partial charge in [-0.3, -0.25) is 4.21 Å². The number of nitrogens with two attached hydrogens (primary N) is 1. The Balaban J connectivity index is 2.53. The predicted molar refractivity (Wildman–Crippen MR) is 74.4 cm³/mol.